The number of ether oxygens (including phenoxy) is 1. The van der Waals surface area contributed by atoms with Gasteiger partial charge in [-0.3, -0.25) is 4.18 Å². The van der Waals surface area contributed by atoms with Crippen molar-refractivity contribution in [2.75, 3.05) is 18.1 Å². The Morgan fingerprint density at radius 1 is 1.48 bits per heavy atom. The van der Waals surface area contributed by atoms with Crippen molar-refractivity contribution in [3.05, 3.63) is 6.33 Å². The van der Waals surface area contributed by atoms with Crippen molar-refractivity contribution in [1.82, 2.24) is 19.7 Å². The fourth-order valence-electron chi connectivity index (χ4n) is 2.58. The molecule has 0 aromatic carbocycles. The van der Waals surface area contributed by atoms with Gasteiger partial charge in [0.15, 0.2) is 11.9 Å². The van der Waals surface area contributed by atoms with Gasteiger partial charge in [-0.15, -0.1) is 0 Å². The average Bonchev–Trinajstić information content (AvgIpc) is 3.12. The number of fused-ring (bicyclic) bond motifs is 1. The van der Waals surface area contributed by atoms with E-state index < -0.39 is 47.5 Å². The molecule has 15 heteroatoms. The van der Waals surface area contributed by atoms with Crippen molar-refractivity contribution in [3.63, 3.8) is 0 Å². The van der Waals surface area contributed by atoms with E-state index in [0.717, 1.165) is 11.8 Å². The molecule has 0 saturated carbocycles. The molecule has 2 aromatic heterocycles. The Hall–Kier alpha value is -1.65. The first kappa shape index (κ1) is 20.1. The minimum absolute atomic E-state index is 0.0400. The molecule has 1 fully saturated rings. The lowest BCUT2D eigenvalue weighted by atomic mass is 10.2. The SMILES string of the molecule is Nc1ncnc2c1c(SCC(F)F)nn2[C@H]1C[C@H](O)[C@@H](COS(N)(=O)=O)O1. The zero-order chi connectivity index (χ0) is 19.8. The molecule has 0 spiro atoms. The maximum absolute atomic E-state index is 12.6. The molecule has 1 aliphatic heterocycles. The fourth-order valence-corrected chi connectivity index (χ4v) is 3.68. The van der Waals surface area contributed by atoms with Gasteiger partial charge >= 0.3 is 10.3 Å². The molecule has 0 amide bonds. The Labute approximate surface area is 156 Å². The van der Waals surface area contributed by atoms with E-state index in [1.54, 1.807) is 0 Å². The number of thioether (sulfide) groups is 1. The molecule has 11 nitrogen and oxygen atoms in total. The molecular weight excluding hydrogens is 410 g/mol. The van der Waals surface area contributed by atoms with Crippen LogP contribution >= 0.6 is 11.8 Å². The summed E-state index contributed by atoms with van der Waals surface area (Å²) >= 11 is 0.786. The minimum atomic E-state index is -4.19. The summed E-state index contributed by atoms with van der Waals surface area (Å²) in [5.74, 6) is -0.435. The lowest BCUT2D eigenvalue weighted by molar-refractivity contribution is -0.0415. The predicted octanol–water partition coefficient (Wildman–Crippen LogP) is -0.366. The first-order valence-electron chi connectivity index (χ1n) is 7.56. The Morgan fingerprint density at radius 3 is 2.89 bits per heavy atom. The quantitative estimate of drug-likeness (QED) is 0.497. The van der Waals surface area contributed by atoms with Gasteiger partial charge in [0.25, 0.3) is 0 Å². The van der Waals surface area contributed by atoms with Gasteiger partial charge in [-0.25, -0.2) is 28.6 Å². The third kappa shape index (κ3) is 4.61. The molecular formula is C12H16F2N6O5S2. The van der Waals surface area contributed by atoms with Crippen LogP contribution in [0.1, 0.15) is 12.6 Å². The number of halogens is 2. The maximum Gasteiger partial charge on any atom is 0.333 e. The smallest absolute Gasteiger partial charge is 0.333 e. The number of aromatic nitrogens is 4. The molecule has 3 heterocycles. The van der Waals surface area contributed by atoms with Crippen molar-refractivity contribution in [3.8, 4) is 0 Å². The molecule has 150 valence electrons. The standard InChI is InChI=1S/C12H16F2N6O5S2/c13-7(14)3-26-12-9-10(15)17-4-18-11(9)20(19-12)8-1-5(21)6(25-8)2-24-27(16,22)23/h4-8,21H,1-3H2,(H2,15,17,18)(H2,16,22,23)/t5-,6+,8+/m0/s1. The highest BCUT2D eigenvalue weighted by Gasteiger charge is 2.38. The van der Waals surface area contributed by atoms with E-state index in [0.29, 0.717) is 5.39 Å². The molecule has 0 bridgehead atoms. The number of aliphatic hydroxyl groups is 1. The fraction of sp³-hybridized carbons (Fsp3) is 0.583. The molecule has 3 rings (SSSR count). The molecule has 0 unspecified atom stereocenters. The molecule has 2 aromatic rings. The maximum atomic E-state index is 12.6. The number of hydrogen-bond donors (Lipinski definition) is 3. The van der Waals surface area contributed by atoms with E-state index in [1.807, 2.05) is 0 Å². The number of anilines is 1. The van der Waals surface area contributed by atoms with Crippen LogP contribution in [0.25, 0.3) is 11.0 Å². The second-order valence-corrected chi connectivity index (χ2v) is 7.85. The molecule has 0 aliphatic carbocycles. The minimum Gasteiger partial charge on any atom is -0.390 e. The van der Waals surface area contributed by atoms with Gasteiger partial charge in [0.05, 0.1) is 23.8 Å². The average molecular weight is 426 g/mol. The lowest BCUT2D eigenvalue weighted by Crippen LogP contribution is -2.30. The Balaban J connectivity index is 1.87. The van der Waals surface area contributed by atoms with Gasteiger partial charge < -0.3 is 15.6 Å². The topological polar surface area (TPSA) is 168 Å². The van der Waals surface area contributed by atoms with Gasteiger partial charge in [0, 0.05) is 6.42 Å². The molecule has 1 saturated heterocycles. The summed E-state index contributed by atoms with van der Waals surface area (Å²) in [6, 6.07) is 0. The predicted molar refractivity (Wildman–Crippen MR) is 90.1 cm³/mol. The third-order valence-corrected chi connectivity index (χ3v) is 5.15. The Bertz CT molecular complexity index is 926. The van der Waals surface area contributed by atoms with Crippen LogP contribution in [0, 0.1) is 0 Å². The van der Waals surface area contributed by atoms with Gasteiger partial charge in [0.2, 0.25) is 6.43 Å². The lowest BCUT2D eigenvalue weighted by Gasteiger charge is -2.14. The highest BCUT2D eigenvalue weighted by molar-refractivity contribution is 7.99. The van der Waals surface area contributed by atoms with E-state index in [2.05, 4.69) is 19.2 Å². The number of alkyl halides is 2. The molecule has 1 aliphatic rings. The third-order valence-electron chi connectivity index (χ3n) is 3.71. The highest BCUT2D eigenvalue weighted by atomic mass is 32.2. The largest absolute Gasteiger partial charge is 0.390 e. The number of nitrogens with two attached hydrogens (primary N) is 2. The van der Waals surface area contributed by atoms with Crippen molar-refractivity contribution in [2.24, 2.45) is 5.14 Å². The summed E-state index contributed by atoms with van der Waals surface area (Å²) in [6.07, 6.45) is -4.21. The van der Waals surface area contributed by atoms with Gasteiger partial charge in [-0.05, 0) is 0 Å². The normalized spacial score (nSPS) is 23.5. The van der Waals surface area contributed by atoms with Gasteiger partial charge in [-0.1, -0.05) is 11.8 Å². The summed E-state index contributed by atoms with van der Waals surface area (Å²) in [5, 5.41) is 19.6. The van der Waals surface area contributed by atoms with Crippen LogP contribution in [0.2, 0.25) is 0 Å². The molecule has 0 radical (unpaired) electrons. The summed E-state index contributed by atoms with van der Waals surface area (Å²) in [7, 11) is -4.19. The monoisotopic (exact) mass is 426 g/mol. The number of rotatable bonds is 7. The van der Waals surface area contributed by atoms with E-state index >= 15 is 0 Å². The molecule has 5 N–H and O–H groups in total. The van der Waals surface area contributed by atoms with E-state index in [4.69, 9.17) is 15.6 Å². The zero-order valence-electron chi connectivity index (χ0n) is 13.6. The van der Waals surface area contributed by atoms with E-state index in [-0.39, 0.29) is 22.9 Å². The van der Waals surface area contributed by atoms with Crippen LogP contribution in [0.3, 0.4) is 0 Å². The number of nitrogens with zero attached hydrogens (tertiary/aromatic N) is 4. The summed E-state index contributed by atoms with van der Waals surface area (Å²) in [5.41, 5.74) is 6.07. The number of aliphatic hydroxyl groups excluding tert-OH is 1. The van der Waals surface area contributed by atoms with Gasteiger partial charge in [-0.2, -0.15) is 13.5 Å². The molecule has 3 atom stereocenters. The van der Waals surface area contributed by atoms with Crippen molar-refractivity contribution in [1.29, 1.82) is 0 Å². The highest BCUT2D eigenvalue weighted by Crippen LogP contribution is 2.36. The Kier molecular flexibility index (Phi) is 5.78. The molecule has 27 heavy (non-hydrogen) atoms. The number of hydrogen-bond acceptors (Lipinski definition) is 10. The summed E-state index contributed by atoms with van der Waals surface area (Å²) < 4.78 is 58.2. The van der Waals surface area contributed by atoms with Crippen molar-refractivity contribution >= 4 is 38.9 Å². The number of nitrogen functional groups attached to an aromatic ring is 1. The zero-order valence-corrected chi connectivity index (χ0v) is 15.2. The van der Waals surface area contributed by atoms with Crippen LogP contribution in [0.5, 0.6) is 0 Å². The second kappa shape index (κ2) is 7.76. The van der Waals surface area contributed by atoms with Crippen LogP contribution in [-0.2, 0) is 19.2 Å². The van der Waals surface area contributed by atoms with Crippen LogP contribution in [0.4, 0.5) is 14.6 Å². The van der Waals surface area contributed by atoms with Crippen LogP contribution in [-0.4, -0.2) is 64.3 Å². The van der Waals surface area contributed by atoms with Crippen molar-refractivity contribution in [2.45, 2.75) is 36.3 Å². The van der Waals surface area contributed by atoms with Crippen LogP contribution < -0.4 is 10.9 Å². The van der Waals surface area contributed by atoms with E-state index in [1.165, 1.54) is 11.0 Å². The summed E-state index contributed by atoms with van der Waals surface area (Å²) in [4.78, 5) is 7.91. The van der Waals surface area contributed by atoms with Gasteiger partial charge in [0.1, 0.15) is 23.3 Å². The van der Waals surface area contributed by atoms with Crippen LogP contribution in [0.15, 0.2) is 11.4 Å². The Morgan fingerprint density at radius 2 is 2.22 bits per heavy atom. The second-order valence-electron chi connectivity index (χ2n) is 5.62. The van der Waals surface area contributed by atoms with Crippen molar-refractivity contribution < 1.29 is 31.2 Å². The summed E-state index contributed by atoms with van der Waals surface area (Å²) in [6.45, 7) is -0.486. The first-order valence-corrected chi connectivity index (χ1v) is 10.0. The van der Waals surface area contributed by atoms with E-state index in [9.17, 15) is 22.3 Å². The first-order chi connectivity index (χ1) is 12.7.